The van der Waals surface area contributed by atoms with Gasteiger partial charge in [0.25, 0.3) is 0 Å². The Hall–Kier alpha value is -1.84. The van der Waals surface area contributed by atoms with Crippen LogP contribution in [0.15, 0.2) is 24.4 Å². The number of hydrogen-bond donors (Lipinski definition) is 1. The summed E-state index contributed by atoms with van der Waals surface area (Å²) in [6, 6.07) is 6.13. The Labute approximate surface area is 102 Å². The third-order valence-corrected chi connectivity index (χ3v) is 2.79. The lowest BCUT2D eigenvalue weighted by Crippen LogP contribution is -2.08. The van der Waals surface area contributed by atoms with Crippen molar-refractivity contribution in [2.75, 3.05) is 5.32 Å². The van der Waals surface area contributed by atoms with E-state index in [1.54, 1.807) is 0 Å². The van der Waals surface area contributed by atoms with Gasteiger partial charge in [-0.25, -0.2) is 0 Å². The van der Waals surface area contributed by atoms with Gasteiger partial charge in [0.15, 0.2) is 0 Å². The van der Waals surface area contributed by atoms with Gasteiger partial charge >= 0.3 is 0 Å². The highest BCUT2D eigenvalue weighted by Gasteiger charge is 2.02. The van der Waals surface area contributed by atoms with Gasteiger partial charge in [0.2, 0.25) is 0 Å². The zero-order valence-corrected chi connectivity index (χ0v) is 10.6. The maximum Gasteiger partial charge on any atom is 0.0607 e. The first kappa shape index (κ1) is 11.6. The Morgan fingerprint density at radius 1 is 1.24 bits per heavy atom. The van der Waals surface area contributed by atoms with Crippen molar-refractivity contribution in [3.05, 3.63) is 41.5 Å². The Morgan fingerprint density at radius 2 is 2.06 bits per heavy atom. The van der Waals surface area contributed by atoms with Crippen LogP contribution in [0.3, 0.4) is 0 Å². The standard InChI is InChI=1S/C13H18N4/c1-4-17-12(7-8-15-17)9-14-13-6-5-10(2)16-11(13)3/h5-8,14H,4,9H2,1-3H3. The summed E-state index contributed by atoms with van der Waals surface area (Å²) in [5.74, 6) is 0. The van der Waals surface area contributed by atoms with Crippen molar-refractivity contribution >= 4 is 5.69 Å². The van der Waals surface area contributed by atoms with Crippen LogP contribution in [0.4, 0.5) is 5.69 Å². The van der Waals surface area contributed by atoms with Crippen LogP contribution in [0.1, 0.15) is 24.0 Å². The van der Waals surface area contributed by atoms with Crippen molar-refractivity contribution in [1.29, 1.82) is 0 Å². The lowest BCUT2D eigenvalue weighted by Gasteiger charge is -2.10. The molecule has 0 saturated heterocycles. The van der Waals surface area contributed by atoms with Crippen LogP contribution in [0.5, 0.6) is 0 Å². The van der Waals surface area contributed by atoms with Crippen molar-refractivity contribution < 1.29 is 0 Å². The predicted molar refractivity (Wildman–Crippen MR) is 68.9 cm³/mol. The highest BCUT2D eigenvalue weighted by atomic mass is 15.3. The summed E-state index contributed by atoms with van der Waals surface area (Å²) < 4.78 is 1.99. The molecule has 2 aromatic rings. The van der Waals surface area contributed by atoms with Gasteiger partial charge in [0, 0.05) is 18.4 Å². The second kappa shape index (κ2) is 4.99. The van der Waals surface area contributed by atoms with Gasteiger partial charge in [-0.1, -0.05) is 0 Å². The lowest BCUT2D eigenvalue weighted by molar-refractivity contribution is 0.627. The molecule has 2 aromatic heterocycles. The maximum absolute atomic E-state index is 4.43. The molecule has 0 unspecified atom stereocenters. The van der Waals surface area contributed by atoms with Crippen LogP contribution in [0.25, 0.3) is 0 Å². The first-order valence-corrected chi connectivity index (χ1v) is 5.89. The highest BCUT2D eigenvalue weighted by molar-refractivity contribution is 5.47. The summed E-state index contributed by atoms with van der Waals surface area (Å²) in [4.78, 5) is 4.43. The Balaban J connectivity index is 2.07. The van der Waals surface area contributed by atoms with E-state index >= 15 is 0 Å². The van der Waals surface area contributed by atoms with E-state index < -0.39 is 0 Å². The molecule has 4 heteroatoms. The van der Waals surface area contributed by atoms with E-state index in [0.29, 0.717) is 0 Å². The van der Waals surface area contributed by atoms with Crippen LogP contribution in [0, 0.1) is 13.8 Å². The molecule has 0 spiro atoms. The largest absolute Gasteiger partial charge is 0.378 e. The minimum Gasteiger partial charge on any atom is -0.378 e. The van der Waals surface area contributed by atoms with Crippen LogP contribution in [0.2, 0.25) is 0 Å². The van der Waals surface area contributed by atoms with Crippen molar-refractivity contribution in [2.45, 2.75) is 33.9 Å². The van der Waals surface area contributed by atoms with Crippen LogP contribution in [-0.4, -0.2) is 14.8 Å². The molecule has 2 rings (SSSR count). The summed E-state index contributed by atoms with van der Waals surface area (Å²) >= 11 is 0. The third-order valence-electron chi connectivity index (χ3n) is 2.79. The van der Waals surface area contributed by atoms with Gasteiger partial charge in [-0.15, -0.1) is 0 Å². The first-order valence-electron chi connectivity index (χ1n) is 5.89. The van der Waals surface area contributed by atoms with Crippen LogP contribution >= 0.6 is 0 Å². The van der Waals surface area contributed by atoms with E-state index in [1.165, 1.54) is 5.69 Å². The van der Waals surface area contributed by atoms with E-state index in [0.717, 1.165) is 30.2 Å². The first-order chi connectivity index (χ1) is 8.20. The topological polar surface area (TPSA) is 42.7 Å². The van der Waals surface area contributed by atoms with Gasteiger partial charge in [-0.2, -0.15) is 5.10 Å². The summed E-state index contributed by atoms with van der Waals surface area (Å²) in [5, 5.41) is 7.64. The minimum atomic E-state index is 0.777. The number of hydrogen-bond acceptors (Lipinski definition) is 3. The molecule has 1 N–H and O–H groups in total. The average Bonchev–Trinajstić information content (AvgIpc) is 2.75. The zero-order chi connectivity index (χ0) is 12.3. The maximum atomic E-state index is 4.43. The summed E-state index contributed by atoms with van der Waals surface area (Å²) in [5.41, 5.74) is 4.35. The van der Waals surface area contributed by atoms with Gasteiger partial charge in [-0.05, 0) is 39.0 Å². The molecule has 2 heterocycles. The minimum absolute atomic E-state index is 0.777. The normalized spacial score (nSPS) is 10.5. The molecule has 0 radical (unpaired) electrons. The molecular weight excluding hydrogens is 212 g/mol. The van der Waals surface area contributed by atoms with E-state index in [9.17, 15) is 0 Å². The summed E-state index contributed by atoms with van der Waals surface area (Å²) in [6.07, 6.45) is 1.83. The van der Waals surface area contributed by atoms with Crippen molar-refractivity contribution in [3.8, 4) is 0 Å². The molecule has 4 nitrogen and oxygen atoms in total. The van der Waals surface area contributed by atoms with Gasteiger partial charge in [0.05, 0.1) is 23.6 Å². The number of nitrogens with one attached hydrogen (secondary N) is 1. The molecule has 90 valence electrons. The molecule has 0 amide bonds. The van der Waals surface area contributed by atoms with Crippen molar-refractivity contribution in [2.24, 2.45) is 0 Å². The van der Waals surface area contributed by atoms with Gasteiger partial charge < -0.3 is 5.32 Å². The summed E-state index contributed by atoms with van der Waals surface area (Å²) in [7, 11) is 0. The molecule has 0 aliphatic carbocycles. The van der Waals surface area contributed by atoms with E-state index in [-0.39, 0.29) is 0 Å². The molecule has 0 fully saturated rings. The van der Waals surface area contributed by atoms with Crippen LogP contribution < -0.4 is 5.32 Å². The molecule has 0 saturated carbocycles. The molecule has 0 aromatic carbocycles. The van der Waals surface area contributed by atoms with E-state index in [1.807, 2.05) is 36.9 Å². The van der Waals surface area contributed by atoms with E-state index in [2.05, 4.69) is 28.4 Å². The third kappa shape index (κ3) is 2.64. The molecule has 0 aliphatic rings. The average molecular weight is 230 g/mol. The fourth-order valence-corrected chi connectivity index (χ4v) is 1.85. The molecule has 0 atom stereocenters. The number of aromatic nitrogens is 3. The van der Waals surface area contributed by atoms with Crippen molar-refractivity contribution in [3.63, 3.8) is 0 Å². The Kier molecular flexibility index (Phi) is 3.42. The van der Waals surface area contributed by atoms with Gasteiger partial charge in [-0.3, -0.25) is 9.67 Å². The zero-order valence-electron chi connectivity index (χ0n) is 10.6. The SMILES string of the molecule is CCn1nccc1CNc1ccc(C)nc1C. The fraction of sp³-hybridized carbons (Fsp3) is 0.385. The Bertz CT molecular complexity index is 502. The molecule has 0 bridgehead atoms. The number of aryl methyl sites for hydroxylation is 3. The molecular formula is C13H18N4. The quantitative estimate of drug-likeness (QED) is 0.877. The molecule has 0 aliphatic heterocycles. The Morgan fingerprint density at radius 3 is 2.76 bits per heavy atom. The van der Waals surface area contributed by atoms with Crippen molar-refractivity contribution in [1.82, 2.24) is 14.8 Å². The number of rotatable bonds is 4. The van der Waals surface area contributed by atoms with Crippen LogP contribution in [-0.2, 0) is 13.1 Å². The second-order valence-corrected chi connectivity index (χ2v) is 4.08. The molecule has 17 heavy (non-hydrogen) atoms. The number of anilines is 1. The number of pyridine rings is 1. The highest BCUT2D eigenvalue weighted by Crippen LogP contribution is 2.13. The second-order valence-electron chi connectivity index (χ2n) is 4.08. The monoisotopic (exact) mass is 230 g/mol. The lowest BCUT2D eigenvalue weighted by atomic mass is 10.2. The number of nitrogens with zero attached hydrogens (tertiary/aromatic N) is 3. The van der Waals surface area contributed by atoms with E-state index in [4.69, 9.17) is 0 Å². The predicted octanol–water partition coefficient (Wildman–Crippen LogP) is 2.53. The summed E-state index contributed by atoms with van der Waals surface area (Å²) in [6.45, 7) is 7.79. The smallest absolute Gasteiger partial charge is 0.0607 e. The van der Waals surface area contributed by atoms with Gasteiger partial charge in [0.1, 0.15) is 0 Å². The fourth-order valence-electron chi connectivity index (χ4n) is 1.85.